The van der Waals surface area contributed by atoms with Crippen LogP contribution in [0.4, 0.5) is 5.69 Å². The topological polar surface area (TPSA) is 118 Å². The molecule has 8 heteroatoms. The summed E-state index contributed by atoms with van der Waals surface area (Å²) >= 11 is 0. The van der Waals surface area contributed by atoms with Crippen molar-refractivity contribution in [2.24, 2.45) is 0 Å². The molecule has 0 spiro atoms. The molecule has 0 radical (unpaired) electrons. The monoisotopic (exact) mass is 345 g/mol. The van der Waals surface area contributed by atoms with Crippen LogP contribution in [0.15, 0.2) is 41.3 Å². The minimum absolute atomic E-state index is 0.0325. The minimum atomic E-state index is -4.71. The van der Waals surface area contributed by atoms with E-state index in [1.165, 1.54) is 12.1 Å². The van der Waals surface area contributed by atoms with Gasteiger partial charge in [0.15, 0.2) is 11.6 Å². The van der Waals surface area contributed by atoms with E-state index in [1.54, 1.807) is 12.1 Å². The summed E-state index contributed by atoms with van der Waals surface area (Å²) in [6, 6.07) is 8.25. The molecule has 0 aromatic heterocycles. The summed E-state index contributed by atoms with van der Waals surface area (Å²) in [4.78, 5) is 36.1. The quantitative estimate of drug-likeness (QED) is 0.682. The van der Waals surface area contributed by atoms with E-state index < -0.39 is 38.2 Å². The minimum Gasteiger partial charge on any atom is -0.324 e. The summed E-state index contributed by atoms with van der Waals surface area (Å²) in [7, 11) is -4.71. The Morgan fingerprint density at radius 3 is 2.08 bits per heavy atom. The molecule has 2 aromatic rings. The lowest BCUT2D eigenvalue weighted by Gasteiger charge is -2.21. The molecule has 7 nitrogen and oxygen atoms in total. The Bertz CT molecular complexity index is 1020. The number of nitrogens with one attached hydrogen (secondary N) is 1. The van der Waals surface area contributed by atoms with Gasteiger partial charge >= 0.3 is 0 Å². The third kappa shape index (κ3) is 2.41. The third-order valence-electron chi connectivity index (χ3n) is 3.63. The molecule has 0 bridgehead atoms. The van der Waals surface area contributed by atoms with Gasteiger partial charge < -0.3 is 5.32 Å². The van der Waals surface area contributed by atoms with E-state index in [0.29, 0.717) is 0 Å². The fourth-order valence-corrected chi connectivity index (χ4v) is 3.33. The Hall–Kier alpha value is -2.84. The van der Waals surface area contributed by atoms with Crippen molar-refractivity contribution in [3.63, 3.8) is 0 Å². The Morgan fingerprint density at radius 2 is 1.54 bits per heavy atom. The maximum Gasteiger partial charge on any atom is 0.296 e. The first-order valence-electron chi connectivity index (χ1n) is 6.82. The average Bonchev–Trinajstić information content (AvgIpc) is 2.50. The zero-order chi connectivity index (χ0) is 17.6. The molecule has 24 heavy (non-hydrogen) atoms. The van der Waals surface area contributed by atoms with Gasteiger partial charge in [0, 0.05) is 23.6 Å². The number of rotatable bonds is 2. The SMILES string of the molecule is CC(=O)Nc1c(S(=O)(=O)O)ccc2c1C(=O)c1ccccc1C2=O. The van der Waals surface area contributed by atoms with Crippen LogP contribution >= 0.6 is 0 Å². The van der Waals surface area contributed by atoms with Gasteiger partial charge in [0.1, 0.15) is 4.90 Å². The van der Waals surface area contributed by atoms with Gasteiger partial charge in [-0.3, -0.25) is 18.9 Å². The molecule has 1 aliphatic rings. The van der Waals surface area contributed by atoms with Gasteiger partial charge in [-0.05, 0) is 12.1 Å². The van der Waals surface area contributed by atoms with Crippen molar-refractivity contribution >= 4 is 33.3 Å². The third-order valence-corrected chi connectivity index (χ3v) is 4.53. The molecule has 1 amide bonds. The van der Waals surface area contributed by atoms with Gasteiger partial charge in [0.05, 0.1) is 11.3 Å². The van der Waals surface area contributed by atoms with Gasteiger partial charge in [-0.2, -0.15) is 8.42 Å². The van der Waals surface area contributed by atoms with E-state index in [0.717, 1.165) is 19.1 Å². The number of amides is 1. The van der Waals surface area contributed by atoms with E-state index >= 15 is 0 Å². The summed E-state index contributed by atoms with van der Waals surface area (Å²) in [5.41, 5.74) is -0.369. The Kier molecular flexibility index (Phi) is 3.58. The van der Waals surface area contributed by atoms with Crippen LogP contribution in [0.3, 0.4) is 0 Å². The molecule has 0 unspecified atom stereocenters. The standard InChI is InChI=1S/C16H11NO6S/c1-8(18)17-14-12(24(21,22)23)7-6-11-13(14)16(20)10-5-3-2-4-9(10)15(11)19/h2-7H,1H3,(H,17,18)(H,21,22,23). The maximum atomic E-state index is 12.8. The van der Waals surface area contributed by atoms with Crippen LogP contribution in [0.5, 0.6) is 0 Å². The first-order valence-corrected chi connectivity index (χ1v) is 8.26. The number of fused-ring (bicyclic) bond motifs is 2. The zero-order valence-electron chi connectivity index (χ0n) is 12.4. The highest BCUT2D eigenvalue weighted by atomic mass is 32.2. The van der Waals surface area contributed by atoms with Crippen LogP contribution in [-0.2, 0) is 14.9 Å². The van der Waals surface area contributed by atoms with Crippen LogP contribution < -0.4 is 5.32 Å². The van der Waals surface area contributed by atoms with E-state index in [9.17, 15) is 27.4 Å². The van der Waals surface area contributed by atoms with Crippen LogP contribution in [0.25, 0.3) is 0 Å². The van der Waals surface area contributed by atoms with E-state index in [4.69, 9.17) is 0 Å². The van der Waals surface area contributed by atoms with Crippen molar-refractivity contribution in [1.29, 1.82) is 0 Å². The molecule has 2 aromatic carbocycles. The number of benzene rings is 2. The zero-order valence-corrected chi connectivity index (χ0v) is 13.2. The number of hydrogen-bond acceptors (Lipinski definition) is 5. The predicted molar refractivity (Wildman–Crippen MR) is 83.9 cm³/mol. The van der Waals surface area contributed by atoms with Crippen LogP contribution in [-0.4, -0.2) is 30.4 Å². The molecule has 3 rings (SSSR count). The number of anilines is 1. The second-order valence-corrected chi connectivity index (χ2v) is 6.61. The second-order valence-electron chi connectivity index (χ2n) is 5.22. The highest BCUT2D eigenvalue weighted by Gasteiger charge is 2.34. The molecule has 122 valence electrons. The van der Waals surface area contributed by atoms with E-state index in [-0.39, 0.29) is 22.3 Å². The van der Waals surface area contributed by atoms with E-state index in [2.05, 4.69) is 5.32 Å². The lowest BCUT2D eigenvalue weighted by atomic mass is 9.83. The summed E-state index contributed by atoms with van der Waals surface area (Å²) < 4.78 is 32.5. The Labute approximate surface area is 137 Å². The first kappa shape index (κ1) is 16.0. The Morgan fingerprint density at radius 1 is 0.958 bits per heavy atom. The number of ketones is 2. The summed E-state index contributed by atoms with van der Waals surface area (Å²) in [5.74, 6) is -1.71. The highest BCUT2D eigenvalue weighted by Crippen LogP contribution is 2.35. The van der Waals surface area contributed by atoms with Gasteiger partial charge in [0.25, 0.3) is 10.1 Å². The molecule has 1 aliphatic carbocycles. The van der Waals surface area contributed by atoms with Gasteiger partial charge in [0.2, 0.25) is 5.91 Å². The number of carbonyl (C=O) groups is 3. The number of carbonyl (C=O) groups excluding carboxylic acids is 3. The fourth-order valence-electron chi connectivity index (χ4n) is 2.68. The summed E-state index contributed by atoms with van der Waals surface area (Å²) in [6.45, 7) is 1.12. The van der Waals surface area contributed by atoms with Crippen LogP contribution in [0.2, 0.25) is 0 Å². The van der Waals surface area contributed by atoms with Crippen LogP contribution in [0, 0.1) is 0 Å². The van der Waals surface area contributed by atoms with Crippen molar-refractivity contribution in [2.75, 3.05) is 5.32 Å². The molecular formula is C16H11NO6S. The Balaban J connectivity index is 2.39. The predicted octanol–water partition coefficient (Wildman–Crippen LogP) is 1.67. The van der Waals surface area contributed by atoms with Crippen molar-refractivity contribution in [1.82, 2.24) is 0 Å². The molecule has 0 saturated carbocycles. The summed E-state index contributed by atoms with van der Waals surface area (Å²) in [5, 5.41) is 2.24. The molecule has 0 heterocycles. The second kappa shape index (κ2) is 5.36. The summed E-state index contributed by atoms with van der Waals surface area (Å²) in [6.07, 6.45) is 0. The first-order chi connectivity index (χ1) is 11.2. The normalized spacial score (nSPS) is 13.2. The average molecular weight is 345 g/mol. The van der Waals surface area contributed by atoms with Crippen molar-refractivity contribution in [3.8, 4) is 0 Å². The molecule has 0 fully saturated rings. The lowest BCUT2D eigenvalue weighted by molar-refractivity contribution is -0.114. The van der Waals surface area contributed by atoms with E-state index in [1.807, 2.05) is 0 Å². The van der Waals surface area contributed by atoms with Crippen molar-refractivity contribution in [3.05, 3.63) is 58.7 Å². The van der Waals surface area contributed by atoms with Gasteiger partial charge in [-0.1, -0.05) is 24.3 Å². The maximum absolute atomic E-state index is 12.8. The van der Waals surface area contributed by atoms with Gasteiger partial charge in [-0.25, -0.2) is 0 Å². The molecule has 0 saturated heterocycles. The molecule has 2 N–H and O–H groups in total. The molecule has 0 atom stereocenters. The fraction of sp³-hybridized carbons (Fsp3) is 0.0625. The highest BCUT2D eigenvalue weighted by molar-refractivity contribution is 7.86. The molecule has 0 aliphatic heterocycles. The smallest absolute Gasteiger partial charge is 0.296 e. The largest absolute Gasteiger partial charge is 0.324 e. The lowest BCUT2D eigenvalue weighted by Crippen LogP contribution is -2.24. The molecular weight excluding hydrogens is 334 g/mol. The van der Waals surface area contributed by atoms with Gasteiger partial charge in [-0.15, -0.1) is 0 Å². The van der Waals surface area contributed by atoms with Crippen LogP contribution in [0.1, 0.15) is 38.8 Å². The van der Waals surface area contributed by atoms with Crippen molar-refractivity contribution in [2.45, 2.75) is 11.8 Å². The van der Waals surface area contributed by atoms with Crippen molar-refractivity contribution < 1.29 is 27.4 Å². The number of hydrogen-bond donors (Lipinski definition) is 2.